The standard InChI is InChI=1S/C32H34N4O2S/c1-5-17-33-27(37)19-35-28(38)20-39-31(25-15-9-11-21(2)18-25)29-30(24-13-7-6-8-14-24)34-36(32(29)35)26-16-10-12-22(3)23(26)4/h6-16,18,31H,5,17,19-20H2,1-4H3,(H,33,37)/t31-/m0/s1. The van der Waals surface area contributed by atoms with E-state index in [1.807, 2.05) is 41.9 Å². The molecule has 1 atom stereocenters. The van der Waals surface area contributed by atoms with Crippen LogP contribution in [0.25, 0.3) is 16.9 Å². The topological polar surface area (TPSA) is 67.2 Å². The molecule has 200 valence electrons. The van der Waals surface area contributed by atoms with E-state index in [4.69, 9.17) is 5.10 Å². The Morgan fingerprint density at radius 1 is 1.03 bits per heavy atom. The van der Waals surface area contributed by atoms with E-state index in [1.54, 1.807) is 16.7 Å². The molecule has 0 saturated carbocycles. The summed E-state index contributed by atoms with van der Waals surface area (Å²) in [6.45, 7) is 8.76. The van der Waals surface area contributed by atoms with Crippen molar-refractivity contribution in [1.29, 1.82) is 0 Å². The molecule has 5 rings (SSSR count). The fourth-order valence-electron chi connectivity index (χ4n) is 5.02. The number of thioether (sulfide) groups is 1. The lowest BCUT2D eigenvalue weighted by Gasteiger charge is -2.24. The smallest absolute Gasteiger partial charge is 0.240 e. The molecule has 0 fully saturated rings. The van der Waals surface area contributed by atoms with Crippen LogP contribution in [0, 0.1) is 20.8 Å². The van der Waals surface area contributed by atoms with Crippen molar-refractivity contribution < 1.29 is 9.59 Å². The van der Waals surface area contributed by atoms with Gasteiger partial charge in [0.25, 0.3) is 0 Å². The van der Waals surface area contributed by atoms with Gasteiger partial charge in [-0.15, -0.1) is 11.8 Å². The van der Waals surface area contributed by atoms with Crippen LogP contribution in [0.5, 0.6) is 0 Å². The van der Waals surface area contributed by atoms with E-state index >= 15 is 0 Å². The zero-order valence-corrected chi connectivity index (χ0v) is 23.7. The number of hydrogen-bond acceptors (Lipinski definition) is 4. The summed E-state index contributed by atoms with van der Waals surface area (Å²) in [6.07, 6.45) is 0.828. The van der Waals surface area contributed by atoms with Gasteiger partial charge in [-0.05, 0) is 49.9 Å². The number of carbonyl (C=O) groups is 2. The number of nitrogens with one attached hydrogen (secondary N) is 1. The molecule has 0 unspecified atom stereocenters. The Morgan fingerprint density at radius 2 is 1.79 bits per heavy atom. The third kappa shape index (κ3) is 5.36. The molecule has 1 aromatic heterocycles. The third-order valence-electron chi connectivity index (χ3n) is 7.16. The van der Waals surface area contributed by atoms with Gasteiger partial charge in [-0.2, -0.15) is 5.10 Å². The summed E-state index contributed by atoms with van der Waals surface area (Å²) in [5.74, 6) is 0.644. The number of rotatable bonds is 7. The summed E-state index contributed by atoms with van der Waals surface area (Å²) in [7, 11) is 0. The SMILES string of the molecule is CCCNC(=O)CN1C(=O)CS[C@@H](c2cccc(C)c2)c2c(-c3ccccc3)nn(-c3cccc(C)c3C)c21. The van der Waals surface area contributed by atoms with E-state index in [0.29, 0.717) is 12.4 Å². The van der Waals surface area contributed by atoms with Gasteiger partial charge in [-0.3, -0.25) is 14.5 Å². The first-order valence-corrected chi connectivity index (χ1v) is 14.4. The van der Waals surface area contributed by atoms with Gasteiger partial charge in [0.15, 0.2) is 0 Å². The molecular formula is C32H34N4O2S. The molecule has 1 aliphatic rings. The van der Waals surface area contributed by atoms with Crippen molar-refractivity contribution >= 4 is 29.4 Å². The van der Waals surface area contributed by atoms with Crippen LogP contribution >= 0.6 is 11.8 Å². The largest absolute Gasteiger partial charge is 0.355 e. The normalized spacial score (nSPS) is 15.1. The molecule has 0 saturated heterocycles. The van der Waals surface area contributed by atoms with Crippen LogP contribution in [0.3, 0.4) is 0 Å². The Balaban J connectivity index is 1.82. The number of benzene rings is 3. The minimum Gasteiger partial charge on any atom is -0.355 e. The molecule has 0 spiro atoms. The predicted octanol–water partition coefficient (Wildman–Crippen LogP) is 6.16. The molecule has 0 bridgehead atoms. The van der Waals surface area contributed by atoms with Crippen LogP contribution in [0.1, 0.15) is 46.4 Å². The zero-order valence-electron chi connectivity index (χ0n) is 22.9. The van der Waals surface area contributed by atoms with Crippen molar-refractivity contribution in [3.8, 4) is 16.9 Å². The molecule has 0 radical (unpaired) electrons. The van der Waals surface area contributed by atoms with E-state index in [2.05, 4.69) is 68.6 Å². The van der Waals surface area contributed by atoms with Crippen LogP contribution in [0.15, 0.2) is 72.8 Å². The number of amides is 2. The first kappa shape index (κ1) is 26.8. The summed E-state index contributed by atoms with van der Waals surface area (Å²) in [5.41, 5.74) is 8.12. The van der Waals surface area contributed by atoms with E-state index in [-0.39, 0.29) is 29.4 Å². The summed E-state index contributed by atoms with van der Waals surface area (Å²) in [5, 5.41) is 8.02. The molecular weight excluding hydrogens is 504 g/mol. The number of hydrogen-bond donors (Lipinski definition) is 1. The Kier molecular flexibility index (Phi) is 7.89. The van der Waals surface area contributed by atoms with E-state index in [0.717, 1.165) is 51.2 Å². The highest BCUT2D eigenvalue weighted by atomic mass is 32.2. The van der Waals surface area contributed by atoms with Crippen LogP contribution in [-0.4, -0.2) is 40.4 Å². The fraction of sp³-hybridized carbons (Fsp3) is 0.281. The molecule has 1 N–H and O–H groups in total. The maximum absolute atomic E-state index is 13.8. The molecule has 1 aliphatic heterocycles. The maximum Gasteiger partial charge on any atom is 0.240 e. The summed E-state index contributed by atoms with van der Waals surface area (Å²) < 4.78 is 1.89. The summed E-state index contributed by atoms with van der Waals surface area (Å²) in [6, 6.07) is 24.7. The van der Waals surface area contributed by atoms with Crippen molar-refractivity contribution in [2.75, 3.05) is 23.7 Å². The lowest BCUT2D eigenvalue weighted by atomic mass is 9.98. The molecule has 39 heavy (non-hydrogen) atoms. The van der Waals surface area contributed by atoms with Gasteiger partial charge in [0, 0.05) is 17.7 Å². The van der Waals surface area contributed by atoms with E-state index in [9.17, 15) is 9.59 Å². The highest BCUT2D eigenvalue weighted by Crippen LogP contribution is 2.48. The highest BCUT2D eigenvalue weighted by molar-refractivity contribution is 8.00. The number of carbonyl (C=O) groups excluding carboxylic acids is 2. The Labute approximate surface area is 234 Å². The van der Waals surface area contributed by atoms with Crippen molar-refractivity contribution in [1.82, 2.24) is 15.1 Å². The minimum absolute atomic E-state index is 0.0578. The minimum atomic E-state index is -0.176. The van der Waals surface area contributed by atoms with Gasteiger partial charge in [-0.1, -0.05) is 79.2 Å². The average Bonchev–Trinajstić information content (AvgIpc) is 3.25. The second-order valence-corrected chi connectivity index (χ2v) is 11.1. The Hall–Kier alpha value is -3.84. The molecule has 2 amide bonds. The van der Waals surface area contributed by atoms with E-state index in [1.165, 1.54) is 0 Å². The lowest BCUT2D eigenvalue weighted by molar-refractivity contribution is -0.122. The van der Waals surface area contributed by atoms with Crippen molar-refractivity contribution in [2.45, 2.75) is 39.4 Å². The zero-order chi connectivity index (χ0) is 27.5. The van der Waals surface area contributed by atoms with Gasteiger partial charge in [0.2, 0.25) is 11.8 Å². The molecule has 7 heteroatoms. The second kappa shape index (κ2) is 11.5. The van der Waals surface area contributed by atoms with Gasteiger partial charge >= 0.3 is 0 Å². The Bertz CT molecular complexity index is 1510. The maximum atomic E-state index is 13.8. The first-order chi connectivity index (χ1) is 18.9. The van der Waals surface area contributed by atoms with Gasteiger partial charge < -0.3 is 5.32 Å². The van der Waals surface area contributed by atoms with Crippen molar-refractivity contribution in [3.05, 3.63) is 101 Å². The fourth-order valence-corrected chi connectivity index (χ4v) is 6.21. The number of anilines is 1. The van der Waals surface area contributed by atoms with Crippen LogP contribution < -0.4 is 10.2 Å². The highest BCUT2D eigenvalue weighted by Gasteiger charge is 2.38. The van der Waals surface area contributed by atoms with Crippen LogP contribution in [0.4, 0.5) is 5.82 Å². The van der Waals surface area contributed by atoms with Crippen LogP contribution in [0.2, 0.25) is 0 Å². The Morgan fingerprint density at radius 3 is 2.54 bits per heavy atom. The van der Waals surface area contributed by atoms with Gasteiger partial charge in [0.1, 0.15) is 12.4 Å². The molecule has 3 aromatic carbocycles. The average molecular weight is 539 g/mol. The van der Waals surface area contributed by atoms with Crippen molar-refractivity contribution in [3.63, 3.8) is 0 Å². The summed E-state index contributed by atoms with van der Waals surface area (Å²) >= 11 is 1.59. The number of aromatic nitrogens is 2. The van der Waals surface area contributed by atoms with E-state index < -0.39 is 0 Å². The molecule has 2 heterocycles. The number of aryl methyl sites for hydroxylation is 2. The van der Waals surface area contributed by atoms with Crippen LogP contribution in [-0.2, 0) is 9.59 Å². The third-order valence-corrected chi connectivity index (χ3v) is 8.41. The summed E-state index contributed by atoms with van der Waals surface area (Å²) in [4.78, 5) is 28.5. The quantitative estimate of drug-likeness (QED) is 0.306. The van der Waals surface area contributed by atoms with Gasteiger partial charge in [0.05, 0.1) is 22.4 Å². The molecule has 0 aliphatic carbocycles. The predicted molar refractivity (Wildman–Crippen MR) is 160 cm³/mol. The lowest BCUT2D eigenvalue weighted by Crippen LogP contribution is -2.42. The van der Waals surface area contributed by atoms with Crippen molar-refractivity contribution in [2.24, 2.45) is 0 Å². The van der Waals surface area contributed by atoms with Gasteiger partial charge in [-0.25, -0.2) is 4.68 Å². The number of nitrogens with zero attached hydrogens (tertiary/aromatic N) is 3. The monoisotopic (exact) mass is 538 g/mol. The first-order valence-electron chi connectivity index (χ1n) is 13.4. The number of fused-ring (bicyclic) bond motifs is 1. The molecule has 4 aromatic rings. The second-order valence-electron chi connectivity index (χ2n) is 10.0. The molecule has 6 nitrogen and oxygen atoms in total.